The van der Waals surface area contributed by atoms with Crippen LogP contribution in [0.1, 0.15) is 43.7 Å². The number of ether oxygens (including phenoxy) is 2. The first-order chi connectivity index (χ1) is 18.9. The van der Waals surface area contributed by atoms with Crippen LogP contribution in [0.3, 0.4) is 0 Å². The van der Waals surface area contributed by atoms with Gasteiger partial charge in [0.15, 0.2) is 0 Å². The topological polar surface area (TPSA) is 67.9 Å². The van der Waals surface area contributed by atoms with Gasteiger partial charge in [-0.2, -0.15) is 0 Å². The zero-order valence-corrected chi connectivity index (χ0v) is 24.0. The number of benzene rings is 3. The molecule has 208 valence electrons. The zero-order chi connectivity index (χ0) is 28.0. The molecule has 0 radical (unpaired) electrons. The Morgan fingerprint density at radius 3 is 2.33 bits per heavy atom. The van der Waals surface area contributed by atoms with Crippen molar-refractivity contribution < 1.29 is 19.1 Å². The summed E-state index contributed by atoms with van der Waals surface area (Å²) in [6, 6.07) is 21.5. The molecule has 0 saturated heterocycles. The summed E-state index contributed by atoms with van der Waals surface area (Å²) in [5, 5.41) is 3.99. The Morgan fingerprint density at radius 1 is 0.949 bits per heavy atom. The average molecular weight is 572 g/mol. The van der Waals surface area contributed by atoms with Crippen LogP contribution < -0.4 is 14.8 Å². The fourth-order valence-corrected chi connectivity index (χ4v) is 4.59. The van der Waals surface area contributed by atoms with E-state index in [-0.39, 0.29) is 24.8 Å². The van der Waals surface area contributed by atoms with E-state index in [1.165, 1.54) is 0 Å². The molecule has 39 heavy (non-hydrogen) atoms. The summed E-state index contributed by atoms with van der Waals surface area (Å²) in [5.74, 6) is 1.12. The van der Waals surface area contributed by atoms with E-state index in [1.54, 1.807) is 30.2 Å². The van der Waals surface area contributed by atoms with Crippen LogP contribution in [0.5, 0.6) is 11.5 Å². The summed E-state index contributed by atoms with van der Waals surface area (Å²) in [6.45, 7) is 3.17. The van der Waals surface area contributed by atoms with E-state index in [2.05, 4.69) is 12.2 Å². The van der Waals surface area contributed by atoms with Crippen LogP contribution in [0, 0.1) is 0 Å². The highest BCUT2D eigenvalue weighted by molar-refractivity contribution is 6.35. The highest BCUT2D eigenvalue weighted by Crippen LogP contribution is 2.25. The molecule has 0 bridgehead atoms. The number of hydrogen-bond acceptors (Lipinski definition) is 4. The summed E-state index contributed by atoms with van der Waals surface area (Å²) >= 11 is 12.6. The lowest BCUT2D eigenvalue weighted by molar-refractivity contribution is -0.141. The molecular weight excluding hydrogens is 535 g/mol. The van der Waals surface area contributed by atoms with Gasteiger partial charge in [0, 0.05) is 36.0 Å². The fraction of sp³-hybridized carbons (Fsp3) is 0.355. The average Bonchev–Trinajstić information content (AvgIpc) is 2.95. The third-order valence-electron chi connectivity index (χ3n) is 6.32. The van der Waals surface area contributed by atoms with Gasteiger partial charge >= 0.3 is 0 Å². The SMILES string of the molecule is CCCCNC(=O)[C@@H](Cc1ccccc1)N(Cc1ccc(Cl)cc1Cl)C(=O)CCCOc1ccc(OC)cc1. The predicted octanol–water partition coefficient (Wildman–Crippen LogP) is 6.72. The van der Waals surface area contributed by atoms with E-state index < -0.39 is 6.04 Å². The van der Waals surface area contributed by atoms with Gasteiger partial charge in [-0.1, -0.05) is 72.9 Å². The number of halogens is 2. The van der Waals surface area contributed by atoms with Crippen LogP contribution in [-0.4, -0.2) is 43.0 Å². The number of methoxy groups -OCH3 is 1. The Hall–Kier alpha value is -3.22. The number of rotatable bonds is 15. The molecule has 0 aromatic heterocycles. The van der Waals surface area contributed by atoms with E-state index in [1.807, 2.05) is 54.6 Å². The minimum absolute atomic E-state index is 0.147. The van der Waals surface area contributed by atoms with Crippen LogP contribution in [0.4, 0.5) is 0 Å². The maximum atomic E-state index is 13.7. The van der Waals surface area contributed by atoms with Crippen molar-refractivity contribution in [2.75, 3.05) is 20.3 Å². The van der Waals surface area contributed by atoms with Gasteiger partial charge in [0.1, 0.15) is 17.5 Å². The Bertz CT molecular complexity index is 1190. The lowest BCUT2D eigenvalue weighted by atomic mass is 10.0. The van der Waals surface area contributed by atoms with Crippen molar-refractivity contribution in [1.82, 2.24) is 10.2 Å². The van der Waals surface area contributed by atoms with Crippen molar-refractivity contribution in [3.8, 4) is 11.5 Å². The van der Waals surface area contributed by atoms with Gasteiger partial charge in [0.25, 0.3) is 0 Å². The van der Waals surface area contributed by atoms with Crippen LogP contribution in [0.15, 0.2) is 72.8 Å². The van der Waals surface area contributed by atoms with Gasteiger partial charge in [-0.25, -0.2) is 0 Å². The molecule has 0 heterocycles. The second-order valence-electron chi connectivity index (χ2n) is 9.24. The summed E-state index contributed by atoms with van der Waals surface area (Å²) in [5.41, 5.74) is 1.69. The second-order valence-corrected chi connectivity index (χ2v) is 10.1. The van der Waals surface area contributed by atoms with Gasteiger partial charge in [0.05, 0.1) is 13.7 Å². The van der Waals surface area contributed by atoms with Gasteiger partial charge < -0.3 is 19.7 Å². The molecule has 0 spiro atoms. The largest absolute Gasteiger partial charge is 0.497 e. The smallest absolute Gasteiger partial charge is 0.243 e. The van der Waals surface area contributed by atoms with Gasteiger partial charge in [-0.05, 0) is 60.4 Å². The standard InChI is InChI=1S/C31H36Cl2N2O4/c1-3-4-18-34-31(37)29(20-23-9-6-5-7-10-23)35(22-24-12-13-25(32)21-28(24)33)30(36)11-8-19-39-27-16-14-26(38-2)15-17-27/h5-7,9-10,12-17,21,29H,3-4,8,11,18-20,22H2,1-2H3,(H,34,37)/t29-/m1/s1. The van der Waals surface area contributed by atoms with Crippen molar-refractivity contribution >= 4 is 35.0 Å². The molecule has 0 aliphatic heterocycles. The molecule has 1 N–H and O–H groups in total. The van der Waals surface area contributed by atoms with Crippen LogP contribution in [0.25, 0.3) is 0 Å². The number of hydrogen-bond donors (Lipinski definition) is 1. The molecule has 0 aliphatic carbocycles. The van der Waals surface area contributed by atoms with Crippen molar-refractivity contribution in [2.45, 2.75) is 51.6 Å². The summed E-state index contributed by atoms with van der Waals surface area (Å²) in [4.78, 5) is 28.8. The Labute approximate surface area is 241 Å². The second kappa shape index (κ2) is 16.0. The number of carbonyl (C=O) groups excluding carboxylic acids is 2. The molecule has 3 aromatic carbocycles. The van der Waals surface area contributed by atoms with Crippen LogP contribution in [0.2, 0.25) is 10.0 Å². The van der Waals surface area contributed by atoms with Crippen molar-refractivity contribution in [3.63, 3.8) is 0 Å². The predicted molar refractivity (Wildman–Crippen MR) is 157 cm³/mol. The maximum Gasteiger partial charge on any atom is 0.243 e. The Kier molecular flexibility index (Phi) is 12.5. The Balaban J connectivity index is 1.78. The van der Waals surface area contributed by atoms with Gasteiger partial charge in [-0.15, -0.1) is 0 Å². The maximum absolute atomic E-state index is 13.7. The minimum Gasteiger partial charge on any atom is -0.497 e. The highest BCUT2D eigenvalue weighted by atomic mass is 35.5. The number of amides is 2. The highest BCUT2D eigenvalue weighted by Gasteiger charge is 2.30. The van der Waals surface area contributed by atoms with Crippen molar-refractivity contribution in [1.29, 1.82) is 0 Å². The van der Waals surface area contributed by atoms with E-state index in [9.17, 15) is 9.59 Å². The van der Waals surface area contributed by atoms with Crippen molar-refractivity contribution in [3.05, 3.63) is 94.0 Å². The third kappa shape index (κ3) is 9.79. The molecule has 8 heteroatoms. The molecule has 1 atom stereocenters. The molecule has 0 saturated carbocycles. The zero-order valence-electron chi connectivity index (χ0n) is 22.5. The minimum atomic E-state index is -0.703. The van der Waals surface area contributed by atoms with E-state index in [4.69, 9.17) is 32.7 Å². The molecule has 6 nitrogen and oxygen atoms in total. The molecule has 3 aromatic rings. The van der Waals surface area contributed by atoms with Crippen molar-refractivity contribution in [2.24, 2.45) is 0 Å². The summed E-state index contributed by atoms with van der Waals surface area (Å²) < 4.78 is 11.0. The molecule has 2 amide bonds. The monoisotopic (exact) mass is 570 g/mol. The van der Waals surface area contributed by atoms with Gasteiger partial charge in [0.2, 0.25) is 11.8 Å². The number of carbonyl (C=O) groups is 2. The summed E-state index contributed by atoms with van der Waals surface area (Å²) in [6.07, 6.45) is 2.92. The first-order valence-corrected chi connectivity index (χ1v) is 14.0. The Morgan fingerprint density at radius 2 is 1.67 bits per heavy atom. The molecule has 0 fully saturated rings. The molecule has 0 unspecified atom stereocenters. The lowest BCUT2D eigenvalue weighted by Gasteiger charge is -2.32. The normalized spacial score (nSPS) is 11.5. The quantitative estimate of drug-likeness (QED) is 0.206. The van der Waals surface area contributed by atoms with Crippen LogP contribution in [-0.2, 0) is 22.6 Å². The molecule has 0 aliphatic rings. The van der Waals surface area contributed by atoms with E-state index in [0.29, 0.717) is 41.8 Å². The van der Waals surface area contributed by atoms with Gasteiger partial charge in [-0.3, -0.25) is 9.59 Å². The lowest BCUT2D eigenvalue weighted by Crippen LogP contribution is -2.50. The molecule has 3 rings (SSSR count). The number of nitrogens with one attached hydrogen (secondary N) is 1. The van der Waals surface area contributed by atoms with E-state index >= 15 is 0 Å². The van der Waals surface area contributed by atoms with E-state index in [0.717, 1.165) is 29.7 Å². The third-order valence-corrected chi connectivity index (χ3v) is 6.91. The first kappa shape index (κ1) is 30.3. The molecular formula is C31H36Cl2N2O4. The fourth-order valence-electron chi connectivity index (χ4n) is 4.12. The number of nitrogens with zero attached hydrogens (tertiary/aromatic N) is 1. The number of unbranched alkanes of at least 4 members (excludes halogenated alkanes) is 1. The first-order valence-electron chi connectivity index (χ1n) is 13.2. The van der Waals surface area contributed by atoms with Crippen LogP contribution >= 0.6 is 23.2 Å². The summed E-state index contributed by atoms with van der Waals surface area (Å²) in [7, 11) is 1.61.